The predicted molar refractivity (Wildman–Crippen MR) is 110 cm³/mol. The van der Waals surface area contributed by atoms with E-state index in [9.17, 15) is 9.59 Å². The van der Waals surface area contributed by atoms with E-state index in [0.717, 1.165) is 11.3 Å². The van der Waals surface area contributed by atoms with Crippen molar-refractivity contribution < 1.29 is 23.8 Å². The molecule has 2 aromatic carbocycles. The lowest BCUT2D eigenvalue weighted by atomic mass is 10.1. The van der Waals surface area contributed by atoms with Gasteiger partial charge < -0.3 is 24.4 Å². The number of hydrogen-bond acceptors (Lipinski definition) is 5. The Kier molecular flexibility index (Phi) is 6.59. The third kappa shape index (κ3) is 5.19. The Morgan fingerprint density at radius 3 is 2.52 bits per heavy atom. The van der Waals surface area contributed by atoms with Crippen molar-refractivity contribution >= 4 is 17.5 Å². The minimum Gasteiger partial charge on any atom is -0.497 e. The molecule has 0 aromatic heterocycles. The van der Waals surface area contributed by atoms with Gasteiger partial charge in [0.15, 0.2) is 0 Å². The molecule has 1 aliphatic rings. The fourth-order valence-corrected chi connectivity index (χ4v) is 3.26. The van der Waals surface area contributed by atoms with Gasteiger partial charge in [-0.1, -0.05) is 6.07 Å². The zero-order chi connectivity index (χ0) is 20.8. The Balaban J connectivity index is 1.51. The number of anilines is 1. The second kappa shape index (κ2) is 9.32. The van der Waals surface area contributed by atoms with Gasteiger partial charge in [0.2, 0.25) is 11.8 Å². The standard InChI is InChI=1S/C22H26N2O5/c1-15-4-9-20(28-3)19(12-15)23-22(26)16-13-21(25)24(14-16)10-11-29-18-7-5-17(27-2)6-8-18/h4-9,12,16H,10-11,13-14H2,1-3H3,(H,23,26). The number of aryl methyl sites for hydroxylation is 1. The number of hydrogen-bond donors (Lipinski definition) is 1. The topological polar surface area (TPSA) is 77.1 Å². The van der Waals surface area contributed by atoms with Gasteiger partial charge in [0.25, 0.3) is 0 Å². The third-order valence-corrected chi connectivity index (χ3v) is 4.89. The highest BCUT2D eigenvalue weighted by atomic mass is 16.5. The molecule has 0 bridgehead atoms. The number of methoxy groups -OCH3 is 2. The zero-order valence-corrected chi connectivity index (χ0v) is 16.9. The van der Waals surface area contributed by atoms with Crippen LogP contribution in [0.25, 0.3) is 0 Å². The summed E-state index contributed by atoms with van der Waals surface area (Å²) in [5.41, 5.74) is 1.63. The summed E-state index contributed by atoms with van der Waals surface area (Å²) in [5, 5.41) is 2.89. The lowest BCUT2D eigenvalue weighted by Crippen LogP contribution is -2.31. The van der Waals surface area contributed by atoms with Crippen LogP contribution >= 0.6 is 0 Å². The first-order valence-electron chi connectivity index (χ1n) is 9.50. The fourth-order valence-electron chi connectivity index (χ4n) is 3.26. The van der Waals surface area contributed by atoms with Crippen LogP contribution in [0.2, 0.25) is 0 Å². The van der Waals surface area contributed by atoms with Gasteiger partial charge >= 0.3 is 0 Å². The van der Waals surface area contributed by atoms with Gasteiger partial charge in [-0.2, -0.15) is 0 Å². The first-order valence-corrected chi connectivity index (χ1v) is 9.50. The van der Waals surface area contributed by atoms with Crippen LogP contribution in [-0.2, 0) is 9.59 Å². The maximum Gasteiger partial charge on any atom is 0.229 e. The molecular formula is C22H26N2O5. The van der Waals surface area contributed by atoms with Crippen molar-refractivity contribution in [2.45, 2.75) is 13.3 Å². The molecule has 0 aliphatic carbocycles. The smallest absolute Gasteiger partial charge is 0.229 e. The Hall–Kier alpha value is -3.22. The largest absolute Gasteiger partial charge is 0.497 e. The second-order valence-electron chi connectivity index (χ2n) is 6.96. The van der Waals surface area contributed by atoms with Gasteiger partial charge in [0, 0.05) is 13.0 Å². The molecule has 2 amide bonds. The highest BCUT2D eigenvalue weighted by Gasteiger charge is 2.34. The number of rotatable bonds is 8. The Bertz CT molecular complexity index is 866. The lowest BCUT2D eigenvalue weighted by Gasteiger charge is -2.17. The summed E-state index contributed by atoms with van der Waals surface area (Å²) in [6.45, 7) is 3.12. The highest BCUT2D eigenvalue weighted by Crippen LogP contribution is 2.27. The fraction of sp³-hybridized carbons (Fsp3) is 0.364. The molecule has 1 fully saturated rings. The quantitative estimate of drug-likeness (QED) is 0.740. The summed E-state index contributed by atoms with van der Waals surface area (Å²) >= 11 is 0. The van der Waals surface area contributed by atoms with Crippen molar-refractivity contribution in [1.29, 1.82) is 0 Å². The van der Waals surface area contributed by atoms with Crippen LogP contribution in [0.1, 0.15) is 12.0 Å². The van der Waals surface area contributed by atoms with E-state index in [1.807, 2.05) is 49.4 Å². The summed E-state index contributed by atoms with van der Waals surface area (Å²) < 4.78 is 16.1. The number of nitrogens with one attached hydrogen (secondary N) is 1. The van der Waals surface area contributed by atoms with E-state index >= 15 is 0 Å². The van der Waals surface area contributed by atoms with Crippen LogP contribution in [0.5, 0.6) is 17.2 Å². The van der Waals surface area contributed by atoms with E-state index in [0.29, 0.717) is 36.9 Å². The molecule has 1 aliphatic heterocycles. The van der Waals surface area contributed by atoms with E-state index in [1.54, 1.807) is 19.1 Å². The minimum atomic E-state index is -0.395. The van der Waals surface area contributed by atoms with Crippen molar-refractivity contribution in [3.63, 3.8) is 0 Å². The Morgan fingerprint density at radius 1 is 1.10 bits per heavy atom. The molecule has 7 nitrogen and oxygen atoms in total. The summed E-state index contributed by atoms with van der Waals surface area (Å²) in [6, 6.07) is 12.8. The molecule has 1 atom stereocenters. The maximum atomic E-state index is 12.7. The summed E-state index contributed by atoms with van der Waals surface area (Å²) in [5.74, 6) is 1.44. The number of carbonyl (C=O) groups excluding carboxylic acids is 2. The SMILES string of the molecule is COc1ccc(OCCN2CC(C(=O)Nc3cc(C)ccc3OC)CC2=O)cc1. The molecule has 0 spiro atoms. The Morgan fingerprint density at radius 2 is 1.83 bits per heavy atom. The zero-order valence-electron chi connectivity index (χ0n) is 16.9. The van der Waals surface area contributed by atoms with Crippen molar-refractivity contribution in [1.82, 2.24) is 4.90 Å². The van der Waals surface area contributed by atoms with Crippen LogP contribution in [0.3, 0.4) is 0 Å². The molecule has 0 saturated carbocycles. The predicted octanol–water partition coefficient (Wildman–Crippen LogP) is 2.88. The molecule has 29 heavy (non-hydrogen) atoms. The average molecular weight is 398 g/mol. The summed E-state index contributed by atoms with van der Waals surface area (Å²) in [6.07, 6.45) is 0.197. The monoisotopic (exact) mass is 398 g/mol. The molecule has 0 radical (unpaired) electrons. The first kappa shape index (κ1) is 20.5. The average Bonchev–Trinajstić information content (AvgIpc) is 3.09. The maximum absolute atomic E-state index is 12.7. The van der Waals surface area contributed by atoms with E-state index in [4.69, 9.17) is 14.2 Å². The molecule has 3 rings (SSSR count). The van der Waals surface area contributed by atoms with Gasteiger partial charge in [-0.3, -0.25) is 9.59 Å². The van der Waals surface area contributed by atoms with Crippen molar-refractivity contribution in [2.24, 2.45) is 5.92 Å². The number of amides is 2. The lowest BCUT2D eigenvalue weighted by molar-refractivity contribution is -0.128. The van der Waals surface area contributed by atoms with Gasteiger partial charge in [-0.25, -0.2) is 0 Å². The van der Waals surface area contributed by atoms with Crippen LogP contribution in [0, 0.1) is 12.8 Å². The molecule has 1 N–H and O–H groups in total. The molecular weight excluding hydrogens is 372 g/mol. The van der Waals surface area contributed by atoms with Crippen molar-refractivity contribution in [2.75, 3.05) is 39.2 Å². The third-order valence-electron chi connectivity index (χ3n) is 4.89. The molecule has 1 saturated heterocycles. The van der Waals surface area contributed by atoms with Crippen molar-refractivity contribution in [3.05, 3.63) is 48.0 Å². The molecule has 1 heterocycles. The Labute approximate surface area is 170 Å². The molecule has 7 heteroatoms. The van der Waals surface area contributed by atoms with Gasteiger partial charge in [0.1, 0.15) is 23.9 Å². The number of likely N-dealkylation sites (tertiary alicyclic amines) is 1. The van der Waals surface area contributed by atoms with Crippen LogP contribution < -0.4 is 19.5 Å². The van der Waals surface area contributed by atoms with Crippen LogP contribution in [0.15, 0.2) is 42.5 Å². The number of benzene rings is 2. The van der Waals surface area contributed by atoms with Gasteiger partial charge in [-0.05, 0) is 48.9 Å². The number of nitrogens with zero attached hydrogens (tertiary/aromatic N) is 1. The molecule has 1 unspecified atom stereocenters. The van der Waals surface area contributed by atoms with Crippen LogP contribution in [0.4, 0.5) is 5.69 Å². The normalized spacial score (nSPS) is 15.9. The summed E-state index contributed by atoms with van der Waals surface area (Å²) in [4.78, 5) is 26.6. The van der Waals surface area contributed by atoms with E-state index in [1.165, 1.54) is 0 Å². The van der Waals surface area contributed by atoms with Crippen LogP contribution in [-0.4, -0.2) is 50.6 Å². The van der Waals surface area contributed by atoms with Crippen molar-refractivity contribution in [3.8, 4) is 17.2 Å². The van der Waals surface area contributed by atoms with E-state index in [-0.39, 0.29) is 18.2 Å². The van der Waals surface area contributed by atoms with E-state index < -0.39 is 5.92 Å². The second-order valence-corrected chi connectivity index (χ2v) is 6.96. The van der Waals surface area contributed by atoms with Gasteiger partial charge in [0.05, 0.1) is 32.4 Å². The highest BCUT2D eigenvalue weighted by molar-refractivity contribution is 5.98. The number of carbonyl (C=O) groups is 2. The first-order chi connectivity index (χ1) is 14.0. The summed E-state index contributed by atoms with van der Waals surface area (Å²) in [7, 11) is 3.17. The number of ether oxygens (including phenoxy) is 3. The van der Waals surface area contributed by atoms with E-state index in [2.05, 4.69) is 5.32 Å². The minimum absolute atomic E-state index is 0.0420. The molecule has 2 aromatic rings. The molecule has 154 valence electrons. The van der Waals surface area contributed by atoms with Gasteiger partial charge in [-0.15, -0.1) is 0 Å².